The van der Waals surface area contributed by atoms with Gasteiger partial charge in [-0.3, -0.25) is 14.5 Å². The molecule has 8 nitrogen and oxygen atoms in total. The summed E-state index contributed by atoms with van der Waals surface area (Å²) in [6, 6.07) is 14.1. The number of nitrogens with one attached hydrogen (secondary N) is 2. The summed E-state index contributed by atoms with van der Waals surface area (Å²) in [5.74, 6) is 0.949. The van der Waals surface area contributed by atoms with Crippen molar-refractivity contribution in [1.29, 1.82) is 0 Å². The molecule has 1 aliphatic heterocycles. The van der Waals surface area contributed by atoms with E-state index in [1.165, 1.54) is 11.6 Å². The number of anilines is 2. The number of hydrogen-bond acceptors (Lipinski definition) is 6. The van der Waals surface area contributed by atoms with Crippen molar-refractivity contribution >= 4 is 23.3 Å². The number of pyridine rings is 1. The van der Waals surface area contributed by atoms with Gasteiger partial charge in [-0.15, -0.1) is 0 Å². The molecule has 0 bridgehead atoms. The molecule has 2 aliphatic rings. The maximum atomic E-state index is 14.3. The van der Waals surface area contributed by atoms with Crippen LogP contribution in [0.5, 0.6) is 11.5 Å². The predicted molar refractivity (Wildman–Crippen MR) is 156 cm³/mol. The number of morpholine rings is 1. The monoisotopic (exact) mass is 560 g/mol. The molecule has 1 atom stereocenters. The van der Waals surface area contributed by atoms with Crippen LogP contribution in [0.1, 0.15) is 43.9 Å². The minimum Gasteiger partial charge on any atom is -0.457 e. The molecule has 1 saturated heterocycles. The van der Waals surface area contributed by atoms with E-state index in [1.54, 1.807) is 30.5 Å². The van der Waals surface area contributed by atoms with Crippen LogP contribution in [0.2, 0.25) is 0 Å². The Bertz CT molecular complexity index is 1420. The first-order valence-electron chi connectivity index (χ1n) is 14.1. The van der Waals surface area contributed by atoms with Crippen LogP contribution >= 0.6 is 0 Å². The Labute approximate surface area is 240 Å². The third-order valence-electron chi connectivity index (χ3n) is 7.52. The molecule has 2 N–H and O–H groups in total. The van der Waals surface area contributed by atoms with Crippen molar-refractivity contribution in [3.63, 3.8) is 0 Å². The molecule has 1 aliphatic carbocycles. The molecule has 216 valence electrons. The number of benzene rings is 2. The fraction of sp³-hybridized carbons (Fsp3) is 0.406. The molecule has 1 unspecified atom stereocenters. The molecule has 1 aromatic heterocycles. The van der Waals surface area contributed by atoms with E-state index in [-0.39, 0.29) is 35.5 Å². The van der Waals surface area contributed by atoms with E-state index < -0.39 is 0 Å². The van der Waals surface area contributed by atoms with Gasteiger partial charge < -0.3 is 20.1 Å². The van der Waals surface area contributed by atoms with Gasteiger partial charge in [-0.25, -0.2) is 9.37 Å². The van der Waals surface area contributed by atoms with Gasteiger partial charge in [-0.05, 0) is 77.8 Å². The number of halogens is 1. The minimum absolute atomic E-state index is 0.0694. The summed E-state index contributed by atoms with van der Waals surface area (Å²) in [4.78, 5) is 31.9. The van der Waals surface area contributed by atoms with Gasteiger partial charge in [0.2, 0.25) is 11.8 Å². The predicted octanol–water partition coefficient (Wildman–Crippen LogP) is 5.32. The zero-order chi connectivity index (χ0) is 29.0. The van der Waals surface area contributed by atoms with Gasteiger partial charge in [0.05, 0.1) is 19.8 Å². The lowest BCUT2D eigenvalue weighted by Crippen LogP contribution is -2.41. The zero-order valence-corrected chi connectivity index (χ0v) is 23.8. The summed E-state index contributed by atoms with van der Waals surface area (Å²) in [7, 11) is 0. The van der Waals surface area contributed by atoms with Crippen LogP contribution in [0.25, 0.3) is 0 Å². The van der Waals surface area contributed by atoms with Crippen LogP contribution in [0.3, 0.4) is 0 Å². The highest BCUT2D eigenvalue weighted by Gasteiger charge is 2.26. The van der Waals surface area contributed by atoms with Crippen molar-refractivity contribution in [3.8, 4) is 11.5 Å². The van der Waals surface area contributed by atoms with Gasteiger partial charge in [-0.1, -0.05) is 26.8 Å². The highest BCUT2D eigenvalue weighted by atomic mass is 19.1. The van der Waals surface area contributed by atoms with Crippen molar-refractivity contribution < 1.29 is 23.5 Å². The second kappa shape index (κ2) is 12.4. The molecule has 41 heavy (non-hydrogen) atoms. The lowest BCUT2D eigenvalue weighted by atomic mass is 9.83. The molecule has 2 heterocycles. The van der Waals surface area contributed by atoms with Crippen LogP contribution in [0.4, 0.5) is 15.9 Å². The first-order valence-corrected chi connectivity index (χ1v) is 14.1. The lowest BCUT2D eigenvalue weighted by Gasteiger charge is -2.25. The second-order valence-electron chi connectivity index (χ2n) is 11.7. The third kappa shape index (κ3) is 7.48. The molecule has 2 amide bonds. The quantitative estimate of drug-likeness (QED) is 0.406. The van der Waals surface area contributed by atoms with E-state index in [2.05, 4.69) is 15.6 Å². The van der Waals surface area contributed by atoms with E-state index in [1.807, 2.05) is 43.9 Å². The van der Waals surface area contributed by atoms with E-state index in [4.69, 9.17) is 9.47 Å². The maximum absolute atomic E-state index is 14.3. The number of fused-ring (bicyclic) bond motifs is 1. The first-order chi connectivity index (χ1) is 19.6. The van der Waals surface area contributed by atoms with Crippen LogP contribution in [-0.4, -0.2) is 54.5 Å². The second-order valence-corrected chi connectivity index (χ2v) is 11.7. The molecule has 0 radical (unpaired) electrons. The summed E-state index contributed by atoms with van der Waals surface area (Å²) in [6.45, 7) is 8.86. The zero-order valence-electron chi connectivity index (χ0n) is 23.8. The van der Waals surface area contributed by atoms with Crippen molar-refractivity contribution in [2.45, 2.75) is 45.4 Å². The Morgan fingerprint density at radius 2 is 1.80 bits per heavy atom. The van der Waals surface area contributed by atoms with Crippen LogP contribution in [0.15, 0.2) is 54.7 Å². The number of rotatable bonds is 7. The maximum Gasteiger partial charge on any atom is 0.239 e. The number of nitrogens with zero attached hydrogens (tertiary/aromatic N) is 2. The van der Waals surface area contributed by atoms with Gasteiger partial charge in [0, 0.05) is 37.0 Å². The van der Waals surface area contributed by atoms with Crippen LogP contribution in [-0.2, 0) is 32.6 Å². The smallest absolute Gasteiger partial charge is 0.239 e. The normalized spacial score (nSPS) is 17.4. The highest BCUT2D eigenvalue weighted by molar-refractivity contribution is 5.93. The number of hydrogen-bond donors (Lipinski definition) is 2. The number of aromatic nitrogens is 1. The Morgan fingerprint density at radius 1 is 1.02 bits per heavy atom. The number of carbonyl (C=O) groups is 2. The molecular weight excluding hydrogens is 523 g/mol. The topological polar surface area (TPSA) is 92.8 Å². The standard InChI is InChI=1S/C32H37FN4O4/c1-32(2,3)27-18-24(7-9-28(27)33)35-31(39)22-5-4-21-6-8-25(17-23(21)16-22)41-26-10-11-34-29(19-26)36-30(38)20-37-12-14-40-15-13-37/h6-11,17-19,22H,4-5,12-16,20H2,1-3H3,(H,35,39)(H,34,36,38). The van der Waals surface area contributed by atoms with E-state index in [9.17, 15) is 14.0 Å². The van der Waals surface area contributed by atoms with Crippen molar-refractivity contribution in [1.82, 2.24) is 9.88 Å². The molecule has 1 fully saturated rings. The molecule has 9 heteroatoms. The van der Waals surface area contributed by atoms with Gasteiger partial charge in [0.1, 0.15) is 23.1 Å². The average molecular weight is 561 g/mol. The van der Waals surface area contributed by atoms with Crippen LogP contribution in [0, 0.1) is 11.7 Å². The Balaban J connectivity index is 1.21. The molecule has 5 rings (SSSR count). The summed E-state index contributed by atoms with van der Waals surface area (Å²) < 4.78 is 25.8. The third-order valence-corrected chi connectivity index (χ3v) is 7.52. The molecule has 2 aromatic carbocycles. The summed E-state index contributed by atoms with van der Waals surface area (Å²) in [5, 5.41) is 5.84. The SMILES string of the molecule is CC(C)(C)c1cc(NC(=O)C2CCc3ccc(Oc4ccnc(NC(=O)CN5CCOCC5)c4)cc3C2)ccc1F. The highest BCUT2D eigenvalue weighted by Crippen LogP contribution is 2.32. The van der Waals surface area contributed by atoms with E-state index in [0.717, 1.165) is 31.5 Å². The average Bonchev–Trinajstić information content (AvgIpc) is 2.93. The molecule has 0 saturated carbocycles. The Kier molecular flexibility index (Phi) is 8.65. The van der Waals surface area contributed by atoms with Gasteiger partial charge in [-0.2, -0.15) is 0 Å². The largest absolute Gasteiger partial charge is 0.457 e. The summed E-state index contributed by atoms with van der Waals surface area (Å²) in [6.07, 6.45) is 3.72. The first kappa shape index (κ1) is 28.7. The van der Waals surface area contributed by atoms with Crippen molar-refractivity contribution in [2.24, 2.45) is 5.92 Å². The number of aryl methyl sites for hydroxylation is 1. The van der Waals surface area contributed by atoms with Crippen molar-refractivity contribution in [3.05, 3.63) is 77.2 Å². The Morgan fingerprint density at radius 3 is 2.59 bits per heavy atom. The summed E-state index contributed by atoms with van der Waals surface area (Å²) in [5.41, 5.74) is 3.08. The molecular formula is C32H37FN4O4. The number of carbonyl (C=O) groups excluding carboxylic acids is 2. The van der Waals surface area contributed by atoms with E-state index in [0.29, 0.717) is 48.2 Å². The van der Waals surface area contributed by atoms with E-state index >= 15 is 0 Å². The Hall–Kier alpha value is -3.82. The molecule has 0 spiro atoms. The fourth-order valence-corrected chi connectivity index (χ4v) is 5.27. The van der Waals surface area contributed by atoms with Gasteiger partial charge >= 0.3 is 0 Å². The molecule has 3 aromatic rings. The van der Waals surface area contributed by atoms with Crippen molar-refractivity contribution in [2.75, 3.05) is 43.5 Å². The number of amides is 2. The van der Waals surface area contributed by atoms with Gasteiger partial charge in [0.25, 0.3) is 0 Å². The minimum atomic E-state index is -0.366. The van der Waals surface area contributed by atoms with Gasteiger partial charge in [0.15, 0.2) is 0 Å². The summed E-state index contributed by atoms with van der Waals surface area (Å²) >= 11 is 0. The fourth-order valence-electron chi connectivity index (χ4n) is 5.27. The lowest BCUT2D eigenvalue weighted by molar-refractivity contribution is -0.120. The van der Waals surface area contributed by atoms with Crippen LogP contribution < -0.4 is 15.4 Å². The number of ether oxygens (including phenoxy) is 2.